The fourth-order valence-electron chi connectivity index (χ4n) is 1.81. The summed E-state index contributed by atoms with van der Waals surface area (Å²) in [4.78, 5) is 8.53. The number of benzene rings is 1. The third kappa shape index (κ3) is 1.65. The first-order valence-electron chi connectivity index (χ1n) is 5.47. The molecule has 0 aliphatic rings. The summed E-state index contributed by atoms with van der Waals surface area (Å²) in [5.74, 6) is 0.861. The van der Waals surface area contributed by atoms with Crippen molar-refractivity contribution in [1.82, 2.24) is 24.7 Å². The highest BCUT2D eigenvalue weighted by atomic mass is 15.3. The van der Waals surface area contributed by atoms with Crippen LogP contribution in [0.5, 0.6) is 0 Å². The van der Waals surface area contributed by atoms with Crippen molar-refractivity contribution in [3.63, 3.8) is 0 Å². The van der Waals surface area contributed by atoms with Crippen LogP contribution in [0.25, 0.3) is 22.4 Å². The molecule has 2 heterocycles. The summed E-state index contributed by atoms with van der Waals surface area (Å²) in [6, 6.07) is 5.93. The molecular formula is C12H11N5. The molecule has 0 atom stereocenters. The molecule has 3 rings (SSSR count). The second-order valence-corrected chi connectivity index (χ2v) is 3.70. The Hall–Kier alpha value is -2.30. The van der Waals surface area contributed by atoms with E-state index < -0.39 is 0 Å². The first-order chi connectivity index (χ1) is 8.38. The lowest BCUT2D eigenvalue weighted by atomic mass is 10.2. The lowest BCUT2D eigenvalue weighted by Gasteiger charge is -2.03. The molecule has 0 aliphatic carbocycles. The Balaban J connectivity index is 2.18. The van der Waals surface area contributed by atoms with Crippen molar-refractivity contribution in [2.75, 3.05) is 0 Å². The molecule has 17 heavy (non-hydrogen) atoms. The summed E-state index contributed by atoms with van der Waals surface area (Å²) in [7, 11) is 0. The Labute approximate surface area is 98.2 Å². The van der Waals surface area contributed by atoms with E-state index in [4.69, 9.17) is 0 Å². The van der Waals surface area contributed by atoms with Gasteiger partial charge < -0.3 is 4.57 Å². The van der Waals surface area contributed by atoms with Crippen molar-refractivity contribution in [3.05, 3.63) is 36.9 Å². The maximum absolute atomic E-state index is 4.29. The molecule has 5 nitrogen and oxygen atoms in total. The summed E-state index contributed by atoms with van der Waals surface area (Å²) >= 11 is 0. The highest BCUT2D eigenvalue weighted by Crippen LogP contribution is 2.20. The van der Waals surface area contributed by atoms with Gasteiger partial charge in [-0.2, -0.15) is 0 Å². The topological polar surface area (TPSA) is 56.5 Å². The van der Waals surface area contributed by atoms with Gasteiger partial charge in [0.25, 0.3) is 0 Å². The molecule has 0 saturated heterocycles. The minimum atomic E-state index is 0.848. The normalized spacial score (nSPS) is 10.9. The monoisotopic (exact) mass is 225 g/mol. The Bertz CT molecular complexity index is 659. The zero-order valence-electron chi connectivity index (χ0n) is 9.41. The Morgan fingerprint density at radius 2 is 1.94 bits per heavy atom. The van der Waals surface area contributed by atoms with Gasteiger partial charge >= 0.3 is 0 Å². The molecule has 0 fully saturated rings. The van der Waals surface area contributed by atoms with Crippen molar-refractivity contribution in [1.29, 1.82) is 0 Å². The van der Waals surface area contributed by atoms with Gasteiger partial charge in [0.05, 0.1) is 11.0 Å². The van der Waals surface area contributed by atoms with E-state index in [-0.39, 0.29) is 0 Å². The maximum Gasteiger partial charge on any atom is 0.163 e. The molecule has 0 bridgehead atoms. The minimum Gasteiger partial charge on any atom is -0.314 e. The molecule has 3 aromatic rings. The smallest absolute Gasteiger partial charge is 0.163 e. The van der Waals surface area contributed by atoms with E-state index in [1.165, 1.54) is 0 Å². The maximum atomic E-state index is 4.29. The van der Waals surface area contributed by atoms with Crippen LogP contribution in [0, 0.1) is 0 Å². The third-order valence-corrected chi connectivity index (χ3v) is 2.68. The Morgan fingerprint density at radius 1 is 1.12 bits per heavy atom. The summed E-state index contributed by atoms with van der Waals surface area (Å²) in [5, 5.41) is 8.06. The highest BCUT2D eigenvalue weighted by Gasteiger charge is 2.07. The van der Waals surface area contributed by atoms with Gasteiger partial charge in [0.1, 0.15) is 6.33 Å². The predicted octanol–water partition coefficient (Wildman–Crippen LogP) is 1.91. The van der Waals surface area contributed by atoms with E-state index in [1.807, 2.05) is 22.8 Å². The van der Waals surface area contributed by atoms with Gasteiger partial charge in [-0.3, -0.25) is 9.97 Å². The van der Waals surface area contributed by atoms with Crippen LogP contribution in [-0.2, 0) is 6.54 Å². The molecule has 0 unspecified atom stereocenters. The number of rotatable bonds is 2. The fraction of sp³-hybridized carbons (Fsp3) is 0.167. The summed E-state index contributed by atoms with van der Waals surface area (Å²) in [6.07, 6.45) is 5.11. The zero-order valence-corrected chi connectivity index (χ0v) is 9.41. The molecule has 84 valence electrons. The van der Waals surface area contributed by atoms with Gasteiger partial charge in [0, 0.05) is 24.5 Å². The number of fused-ring (bicyclic) bond motifs is 1. The highest BCUT2D eigenvalue weighted by molar-refractivity contribution is 5.79. The predicted molar refractivity (Wildman–Crippen MR) is 64.2 cm³/mol. The lowest BCUT2D eigenvalue weighted by Crippen LogP contribution is -1.96. The molecule has 0 saturated carbocycles. The van der Waals surface area contributed by atoms with Crippen LogP contribution in [0.3, 0.4) is 0 Å². The summed E-state index contributed by atoms with van der Waals surface area (Å²) in [5.41, 5.74) is 2.77. The molecule has 0 amide bonds. The Kier molecular flexibility index (Phi) is 2.29. The zero-order chi connectivity index (χ0) is 11.7. The summed E-state index contributed by atoms with van der Waals surface area (Å²) in [6.45, 7) is 2.91. The number of hydrogen-bond acceptors (Lipinski definition) is 4. The largest absolute Gasteiger partial charge is 0.314 e. The fourth-order valence-corrected chi connectivity index (χ4v) is 1.81. The van der Waals surface area contributed by atoms with E-state index >= 15 is 0 Å². The van der Waals surface area contributed by atoms with Crippen LogP contribution in [0.15, 0.2) is 36.9 Å². The standard InChI is InChI=1S/C12H11N5/c1-2-17-8-15-16-12(17)9-3-4-10-11(7-9)14-6-5-13-10/h3-8H,2H2,1H3. The first kappa shape index (κ1) is 9.89. The average Bonchev–Trinajstić information content (AvgIpc) is 2.86. The molecule has 0 spiro atoms. The van der Waals surface area contributed by atoms with Crippen molar-refractivity contribution < 1.29 is 0 Å². The van der Waals surface area contributed by atoms with Crippen LogP contribution in [-0.4, -0.2) is 24.7 Å². The van der Waals surface area contributed by atoms with Gasteiger partial charge in [-0.1, -0.05) is 0 Å². The van der Waals surface area contributed by atoms with Crippen LogP contribution in [0.4, 0.5) is 0 Å². The second-order valence-electron chi connectivity index (χ2n) is 3.70. The van der Waals surface area contributed by atoms with Gasteiger partial charge in [-0.15, -0.1) is 10.2 Å². The van der Waals surface area contributed by atoms with E-state index in [1.54, 1.807) is 18.7 Å². The molecule has 2 aromatic heterocycles. The van der Waals surface area contributed by atoms with Crippen LogP contribution >= 0.6 is 0 Å². The number of aryl methyl sites for hydroxylation is 1. The van der Waals surface area contributed by atoms with Crippen LogP contribution in [0.2, 0.25) is 0 Å². The van der Waals surface area contributed by atoms with Crippen LogP contribution in [0.1, 0.15) is 6.92 Å². The molecule has 5 heteroatoms. The SMILES string of the molecule is CCn1cnnc1-c1ccc2nccnc2c1. The number of aromatic nitrogens is 5. The van der Waals surface area contributed by atoms with Crippen molar-refractivity contribution >= 4 is 11.0 Å². The van der Waals surface area contributed by atoms with Crippen molar-refractivity contribution in [2.45, 2.75) is 13.5 Å². The molecule has 0 radical (unpaired) electrons. The Morgan fingerprint density at radius 3 is 2.76 bits per heavy atom. The quantitative estimate of drug-likeness (QED) is 0.668. The molecule has 1 aromatic carbocycles. The van der Waals surface area contributed by atoms with Crippen LogP contribution < -0.4 is 0 Å². The van der Waals surface area contributed by atoms with Crippen molar-refractivity contribution in [3.8, 4) is 11.4 Å². The average molecular weight is 225 g/mol. The third-order valence-electron chi connectivity index (χ3n) is 2.68. The van der Waals surface area contributed by atoms with E-state index in [2.05, 4.69) is 27.1 Å². The first-order valence-corrected chi connectivity index (χ1v) is 5.47. The van der Waals surface area contributed by atoms with Gasteiger partial charge in [0.2, 0.25) is 0 Å². The van der Waals surface area contributed by atoms with E-state index in [9.17, 15) is 0 Å². The van der Waals surface area contributed by atoms with E-state index in [0.29, 0.717) is 0 Å². The van der Waals surface area contributed by atoms with Gasteiger partial charge in [-0.05, 0) is 25.1 Å². The van der Waals surface area contributed by atoms with Gasteiger partial charge in [0.15, 0.2) is 5.82 Å². The number of nitrogens with zero attached hydrogens (tertiary/aromatic N) is 5. The van der Waals surface area contributed by atoms with Crippen molar-refractivity contribution in [2.24, 2.45) is 0 Å². The molecule has 0 aliphatic heterocycles. The lowest BCUT2D eigenvalue weighted by molar-refractivity contribution is 0.767. The number of hydrogen-bond donors (Lipinski definition) is 0. The molecular weight excluding hydrogens is 214 g/mol. The second kappa shape index (κ2) is 3.93. The van der Waals surface area contributed by atoms with E-state index in [0.717, 1.165) is 29.0 Å². The minimum absolute atomic E-state index is 0.848. The molecule has 0 N–H and O–H groups in total. The summed E-state index contributed by atoms with van der Waals surface area (Å²) < 4.78 is 2.00. The van der Waals surface area contributed by atoms with Gasteiger partial charge in [-0.25, -0.2) is 0 Å².